The molecule has 0 heterocycles. The fraction of sp³-hybridized carbons (Fsp3) is 0.440. The first-order valence-electron chi connectivity index (χ1n) is 11.2. The molecular formula is C25H30BrClN2O4. The number of hydrogen-bond acceptors (Lipinski definition) is 4. The maximum atomic E-state index is 13.3. The van der Waals surface area contributed by atoms with Crippen molar-refractivity contribution < 1.29 is 19.1 Å². The van der Waals surface area contributed by atoms with Crippen LogP contribution in [0.25, 0.3) is 0 Å². The number of methoxy groups -OCH3 is 1. The third kappa shape index (κ3) is 7.11. The van der Waals surface area contributed by atoms with Crippen molar-refractivity contribution in [3.05, 3.63) is 57.5 Å². The maximum absolute atomic E-state index is 13.3. The molecule has 33 heavy (non-hydrogen) atoms. The van der Waals surface area contributed by atoms with Crippen LogP contribution >= 0.6 is 27.5 Å². The number of amides is 2. The van der Waals surface area contributed by atoms with E-state index in [9.17, 15) is 9.59 Å². The summed E-state index contributed by atoms with van der Waals surface area (Å²) in [6, 6.07) is 12.2. The second kappa shape index (κ2) is 12.3. The van der Waals surface area contributed by atoms with Gasteiger partial charge in [0, 0.05) is 17.6 Å². The molecule has 1 fully saturated rings. The molecule has 1 saturated carbocycles. The number of halogens is 2. The number of rotatable bonds is 10. The molecule has 0 saturated heterocycles. The molecule has 1 aliphatic rings. The molecule has 2 aromatic rings. The summed E-state index contributed by atoms with van der Waals surface area (Å²) in [5.41, 5.74) is 0.906. The number of carbonyl (C=O) groups is 2. The van der Waals surface area contributed by atoms with Gasteiger partial charge in [-0.3, -0.25) is 9.59 Å². The molecule has 8 heteroatoms. The van der Waals surface area contributed by atoms with Crippen LogP contribution in [0.4, 0.5) is 0 Å². The molecule has 0 radical (unpaired) electrons. The van der Waals surface area contributed by atoms with E-state index in [-0.39, 0.29) is 24.5 Å². The largest absolute Gasteiger partial charge is 0.497 e. The van der Waals surface area contributed by atoms with Crippen molar-refractivity contribution in [2.45, 2.75) is 57.7 Å². The van der Waals surface area contributed by atoms with Gasteiger partial charge < -0.3 is 19.7 Å². The molecule has 0 aliphatic heterocycles. The van der Waals surface area contributed by atoms with Crippen molar-refractivity contribution in [2.75, 3.05) is 13.7 Å². The van der Waals surface area contributed by atoms with Gasteiger partial charge in [0.25, 0.3) is 5.91 Å². The van der Waals surface area contributed by atoms with Crippen LogP contribution in [0.3, 0.4) is 0 Å². The Hall–Kier alpha value is -2.25. The van der Waals surface area contributed by atoms with Gasteiger partial charge in [-0.25, -0.2) is 0 Å². The highest BCUT2D eigenvalue weighted by Crippen LogP contribution is 2.28. The van der Waals surface area contributed by atoms with Crippen LogP contribution in [-0.2, 0) is 16.1 Å². The SMILES string of the molecule is CC[C@H](C(=O)NC1CCCC1)N(Cc1ccc(OC)cc1)C(=O)COc1ccc(Cl)cc1Br. The third-order valence-electron chi connectivity index (χ3n) is 5.84. The molecule has 0 unspecified atom stereocenters. The molecule has 178 valence electrons. The zero-order chi connectivity index (χ0) is 23.8. The number of nitrogens with zero attached hydrogens (tertiary/aromatic N) is 1. The van der Waals surface area contributed by atoms with Crippen molar-refractivity contribution in [1.29, 1.82) is 0 Å². The monoisotopic (exact) mass is 536 g/mol. The minimum atomic E-state index is -0.586. The highest BCUT2D eigenvalue weighted by atomic mass is 79.9. The Labute approximate surface area is 208 Å². The zero-order valence-corrected chi connectivity index (χ0v) is 21.3. The standard InChI is InChI=1S/C25H30BrClN2O4/c1-3-22(25(31)28-19-6-4-5-7-19)29(15-17-8-11-20(32-2)12-9-17)24(30)16-33-23-13-10-18(27)14-21(23)26/h8-14,19,22H,3-7,15-16H2,1-2H3,(H,28,31)/t22-/m1/s1. The van der Waals surface area contributed by atoms with Crippen molar-refractivity contribution in [3.8, 4) is 11.5 Å². The lowest BCUT2D eigenvalue weighted by molar-refractivity contribution is -0.143. The molecular weight excluding hydrogens is 508 g/mol. The maximum Gasteiger partial charge on any atom is 0.261 e. The molecule has 0 spiro atoms. The summed E-state index contributed by atoms with van der Waals surface area (Å²) in [4.78, 5) is 28.1. The van der Waals surface area contributed by atoms with E-state index >= 15 is 0 Å². The first kappa shape index (κ1) is 25.4. The molecule has 0 bridgehead atoms. The minimum Gasteiger partial charge on any atom is -0.497 e. The van der Waals surface area contributed by atoms with Crippen LogP contribution in [0.2, 0.25) is 5.02 Å². The van der Waals surface area contributed by atoms with Crippen LogP contribution in [-0.4, -0.2) is 42.5 Å². The fourth-order valence-electron chi connectivity index (χ4n) is 4.03. The normalized spacial score (nSPS) is 14.5. The number of nitrogens with one attached hydrogen (secondary N) is 1. The number of ether oxygens (including phenoxy) is 2. The molecule has 1 atom stereocenters. The van der Waals surface area contributed by atoms with Crippen molar-refractivity contribution in [1.82, 2.24) is 10.2 Å². The molecule has 0 aromatic heterocycles. The van der Waals surface area contributed by atoms with Gasteiger partial charge in [0.2, 0.25) is 5.91 Å². The smallest absolute Gasteiger partial charge is 0.261 e. The highest BCUT2D eigenvalue weighted by Gasteiger charge is 2.31. The molecule has 6 nitrogen and oxygen atoms in total. The first-order chi connectivity index (χ1) is 15.9. The second-order valence-electron chi connectivity index (χ2n) is 8.15. The van der Waals surface area contributed by atoms with Crippen LogP contribution in [0.1, 0.15) is 44.6 Å². The van der Waals surface area contributed by atoms with E-state index in [1.807, 2.05) is 31.2 Å². The fourth-order valence-corrected chi connectivity index (χ4v) is 4.83. The Morgan fingerprint density at radius 1 is 1.18 bits per heavy atom. The zero-order valence-electron chi connectivity index (χ0n) is 19.0. The summed E-state index contributed by atoms with van der Waals surface area (Å²) in [5.74, 6) is 0.874. The second-order valence-corrected chi connectivity index (χ2v) is 9.44. The molecule has 1 N–H and O–H groups in total. The Balaban J connectivity index is 1.77. The van der Waals surface area contributed by atoms with Crippen molar-refractivity contribution in [2.24, 2.45) is 0 Å². The van der Waals surface area contributed by atoms with Gasteiger partial charge in [-0.1, -0.05) is 43.5 Å². The Bertz CT molecular complexity index is 948. The lowest BCUT2D eigenvalue weighted by Crippen LogP contribution is -2.52. The van der Waals surface area contributed by atoms with Gasteiger partial charge in [0.05, 0.1) is 11.6 Å². The number of carbonyl (C=O) groups excluding carboxylic acids is 2. The molecule has 1 aliphatic carbocycles. The molecule has 2 amide bonds. The van der Waals surface area contributed by atoms with Crippen molar-refractivity contribution >= 4 is 39.3 Å². The first-order valence-corrected chi connectivity index (χ1v) is 12.4. The van der Waals surface area contributed by atoms with Gasteiger partial charge >= 0.3 is 0 Å². The van der Waals surface area contributed by atoms with Crippen molar-refractivity contribution in [3.63, 3.8) is 0 Å². The lowest BCUT2D eigenvalue weighted by Gasteiger charge is -2.31. The van der Waals surface area contributed by atoms with E-state index in [1.54, 1.807) is 30.2 Å². The summed E-state index contributed by atoms with van der Waals surface area (Å²) in [7, 11) is 1.61. The predicted octanol–water partition coefficient (Wildman–Crippen LogP) is 5.36. The third-order valence-corrected chi connectivity index (χ3v) is 6.70. The van der Waals surface area contributed by atoms with Gasteiger partial charge in [-0.2, -0.15) is 0 Å². The molecule has 3 rings (SSSR count). The Kier molecular flexibility index (Phi) is 9.44. The summed E-state index contributed by atoms with van der Waals surface area (Å²) in [5, 5.41) is 3.71. The van der Waals surface area contributed by atoms with E-state index in [4.69, 9.17) is 21.1 Å². The minimum absolute atomic E-state index is 0.112. The van der Waals surface area contributed by atoms with Crippen LogP contribution in [0.5, 0.6) is 11.5 Å². The van der Waals surface area contributed by atoms with Crippen LogP contribution in [0, 0.1) is 0 Å². The number of hydrogen-bond donors (Lipinski definition) is 1. The average molecular weight is 538 g/mol. The summed E-state index contributed by atoms with van der Waals surface area (Å²) in [6.45, 7) is 2.03. The van der Waals surface area contributed by atoms with Crippen LogP contribution < -0.4 is 14.8 Å². The lowest BCUT2D eigenvalue weighted by atomic mass is 10.1. The quantitative estimate of drug-likeness (QED) is 0.443. The number of benzene rings is 2. The average Bonchev–Trinajstić information content (AvgIpc) is 3.31. The Morgan fingerprint density at radius 3 is 2.48 bits per heavy atom. The van der Waals surface area contributed by atoms with Gasteiger partial charge in [-0.15, -0.1) is 0 Å². The van der Waals surface area contributed by atoms with E-state index in [2.05, 4.69) is 21.2 Å². The van der Waals surface area contributed by atoms with Crippen LogP contribution in [0.15, 0.2) is 46.9 Å². The topological polar surface area (TPSA) is 67.9 Å². The van der Waals surface area contributed by atoms with Gasteiger partial charge in [0.1, 0.15) is 17.5 Å². The molecule has 2 aromatic carbocycles. The van der Waals surface area contributed by atoms with E-state index < -0.39 is 6.04 Å². The van der Waals surface area contributed by atoms with E-state index in [1.165, 1.54) is 0 Å². The van der Waals surface area contributed by atoms with Gasteiger partial charge in [-0.05, 0) is 71.1 Å². The van der Waals surface area contributed by atoms with Gasteiger partial charge in [0.15, 0.2) is 6.61 Å². The van der Waals surface area contributed by atoms with E-state index in [0.29, 0.717) is 28.2 Å². The summed E-state index contributed by atoms with van der Waals surface area (Å²) >= 11 is 9.40. The summed E-state index contributed by atoms with van der Waals surface area (Å²) < 4.78 is 11.7. The van der Waals surface area contributed by atoms with E-state index in [0.717, 1.165) is 37.0 Å². The predicted molar refractivity (Wildman–Crippen MR) is 133 cm³/mol. The highest BCUT2D eigenvalue weighted by molar-refractivity contribution is 9.10. The Morgan fingerprint density at radius 2 is 1.88 bits per heavy atom. The summed E-state index contributed by atoms with van der Waals surface area (Å²) in [6.07, 6.45) is 4.73.